The molecular weight excluding hydrogens is 280 g/mol. The molecule has 2 aromatic carbocycles. The number of nitriles is 1. The fourth-order valence-electron chi connectivity index (χ4n) is 1.88. The molecule has 22 heavy (non-hydrogen) atoms. The van der Waals surface area contributed by atoms with Gasteiger partial charge in [0.25, 0.3) is 5.91 Å². The molecule has 5 heteroatoms. The zero-order valence-electron chi connectivity index (χ0n) is 12.4. The second-order valence-electron chi connectivity index (χ2n) is 4.56. The van der Waals surface area contributed by atoms with Crippen molar-refractivity contribution in [2.24, 2.45) is 0 Å². The van der Waals surface area contributed by atoms with Gasteiger partial charge in [0.1, 0.15) is 6.07 Å². The summed E-state index contributed by atoms with van der Waals surface area (Å²) in [4.78, 5) is 12.2. The number of amides is 1. The Hall–Kier alpha value is -3.00. The summed E-state index contributed by atoms with van der Waals surface area (Å²) >= 11 is 0. The fraction of sp³-hybridized carbons (Fsp3) is 0.176. The van der Waals surface area contributed by atoms with Gasteiger partial charge in [-0.3, -0.25) is 4.79 Å². The lowest BCUT2D eigenvalue weighted by Gasteiger charge is -2.17. The van der Waals surface area contributed by atoms with Crippen molar-refractivity contribution in [2.75, 3.05) is 12.4 Å². The Kier molecular flexibility index (Phi) is 4.99. The molecule has 0 fully saturated rings. The van der Waals surface area contributed by atoms with Gasteiger partial charge in [-0.05, 0) is 31.2 Å². The molecule has 112 valence electrons. The number of anilines is 1. The molecule has 1 amide bonds. The minimum Gasteiger partial charge on any atom is -0.493 e. The van der Waals surface area contributed by atoms with E-state index in [1.807, 2.05) is 12.1 Å². The predicted octanol–water partition coefficient (Wildman–Crippen LogP) is 2.97. The lowest BCUT2D eigenvalue weighted by atomic mass is 10.2. The molecule has 0 aromatic heterocycles. The van der Waals surface area contributed by atoms with E-state index in [1.54, 1.807) is 49.4 Å². The van der Waals surface area contributed by atoms with Crippen molar-refractivity contribution in [2.45, 2.75) is 13.0 Å². The average molecular weight is 296 g/mol. The molecular formula is C17H16N2O3. The molecule has 0 aliphatic heterocycles. The van der Waals surface area contributed by atoms with Crippen LogP contribution in [-0.2, 0) is 4.79 Å². The van der Waals surface area contributed by atoms with Crippen LogP contribution in [0, 0.1) is 11.3 Å². The van der Waals surface area contributed by atoms with E-state index in [0.29, 0.717) is 22.7 Å². The summed E-state index contributed by atoms with van der Waals surface area (Å²) < 4.78 is 10.8. The van der Waals surface area contributed by atoms with E-state index >= 15 is 0 Å². The predicted molar refractivity (Wildman–Crippen MR) is 82.9 cm³/mol. The van der Waals surface area contributed by atoms with E-state index in [-0.39, 0.29) is 5.91 Å². The number of nitrogens with one attached hydrogen (secondary N) is 1. The number of benzene rings is 2. The van der Waals surface area contributed by atoms with Crippen LogP contribution in [0.15, 0.2) is 48.5 Å². The van der Waals surface area contributed by atoms with Crippen molar-refractivity contribution in [3.63, 3.8) is 0 Å². The number of hydrogen-bond acceptors (Lipinski definition) is 4. The molecule has 0 bridgehead atoms. The zero-order chi connectivity index (χ0) is 15.9. The number of hydrogen-bond donors (Lipinski definition) is 1. The summed E-state index contributed by atoms with van der Waals surface area (Å²) in [6.45, 7) is 1.64. The Morgan fingerprint density at radius 1 is 1.14 bits per heavy atom. The minimum absolute atomic E-state index is 0.339. The second-order valence-corrected chi connectivity index (χ2v) is 4.56. The lowest BCUT2D eigenvalue weighted by molar-refractivity contribution is -0.122. The maximum Gasteiger partial charge on any atom is 0.265 e. The van der Waals surface area contributed by atoms with E-state index in [2.05, 4.69) is 5.32 Å². The zero-order valence-corrected chi connectivity index (χ0v) is 12.4. The third-order valence-electron chi connectivity index (χ3n) is 3.05. The topological polar surface area (TPSA) is 71.3 Å². The van der Waals surface area contributed by atoms with Crippen molar-refractivity contribution in [3.05, 3.63) is 54.1 Å². The highest BCUT2D eigenvalue weighted by Crippen LogP contribution is 2.27. The van der Waals surface area contributed by atoms with E-state index < -0.39 is 6.10 Å². The number of para-hydroxylation sites is 3. The van der Waals surface area contributed by atoms with Gasteiger partial charge in [-0.2, -0.15) is 5.26 Å². The first-order chi connectivity index (χ1) is 10.7. The Morgan fingerprint density at radius 3 is 2.45 bits per heavy atom. The maximum absolute atomic E-state index is 12.2. The maximum atomic E-state index is 12.2. The molecule has 2 rings (SSSR count). The minimum atomic E-state index is -0.733. The van der Waals surface area contributed by atoms with Crippen molar-refractivity contribution >= 4 is 11.6 Å². The van der Waals surface area contributed by atoms with Gasteiger partial charge in [0.05, 0.1) is 18.4 Å². The number of carbonyl (C=O) groups is 1. The molecule has 0 heterocycles. The Morgan fingerprint density at radius 2 is 1.77 bits per heavy atom. The van der Waals surface area contributed by atoms with E-state index in [9.17, 15) is 4.79 Å². The monoisotopic (exact) mass is 296 g/mol. The van der Waals surface area contributed by atoms with Crippen LogP contribution in [0.2, 0.25) is 0 Å². The molecule has 5 nitrogen and oxygen atoms in total. The number of rotatable bonds is 5. The van der Waals surface area contributed by atoms with Crippen LogP contribution in [0.5, 0.6) is 11.5 Å². The molecule has 0 aliphatic rings. The van der Waals surface area contributed by atoms with E-state index in [1.165, 1.54) is 7.11 Å². The van der Waals surface area contributed by atoms with E-state index in [4.69, 9.17) is 14.7 Å². The quantitative estimate of drug-likeness (QED) is 0.920. The Balaban J connectivity index is 2.08. The molecule has 0 unspecified atom stereocenters. The van der Waals surface area contributed by atoms with Gasteiger partial charge in [-0.15, -0.1) is 0 Å². The van der Waals surface area contributed by atoms with Crippen LogP contribution in [0.4, 0.5) is 5.69 Å². The third kappa shape index (κ3) is 3.55. The highest BCUT2D eigenvalue weighted by atomic mass is 16.5. The smallest absolute Gasteiger partial charge is 0.265 e. The third-order valence-corrected chi connectivity index (χ3v) is 3.05. The SMILES string of the molecule is COc1ccccc1O[C@H](C)C(=O)Nc1ccccc1C#N. The standard InChI is InChI=1S/C17H16N2O3/c1-12(22-16-10-6-5-9-15(16)21-2)17(20)19-14-8-4-3-7-13(14)11-18/h3-10,12H,1-2H3,(H,19,20)/t12-/m1/s1. The fourth-order valence-corrected chi connectivity index (χ4v) is 1.88. The number of ether oxygens (including phenoxy) is 2. The lowest BCUT2D eigenvalue weighted by Crippen LogP contribution is -2.30. The van der Waals surface area contributed by atoms with Gasteiger partial charge in [-0.25, -0.2) is 0 Å². The molecule has 2 aromatic rings. The first-order valence-corrected chi connectivity index (χ1v) is 6.75. The molecule has 0 saturated carbocycles. The van der Waals surface area contributed by atoms with Crippen molar-refractivity contribution in [1.29, 1.82) is 5.26 Å². The summed E-state index contributed by atoms with van der Waals surface area (Å²) in [5, 5.41) is 11.7. The summed E-state index contributed by atoms with van der Waals surface area (Å²) in [6, 6.07) is 15.9. The number of carbonyl (C=O) groups excluding carboxylic acids is 1. The first kappa shape index (κ1) is 15.4. The first-order valence-electron chi connectivity index (χ1n) is 6.75. The Labute approximate surface area is 129 Å². The number of methoxy groups -OCH3 is 1. The van der Waals surface area contributed by atoms with Crippen LogP contribution < -0.4 is 14.8 Å². The van der Waals surface area contributed by atoms with E-state index in [0.717, 1.165) is 0 Å². The highest BCUT2D eigenvalue weighted by molar-refractivity contribution is 5.95. The molecule has 0 aliphatic carbocycles. The molecule has 0 spiro atoms. The number of nitrogens with zero attached hydrogens (tertiary/aromatic N) is 1. The van der Waals surface area contributed by atoms with Crippen molar-refractivity contribution in [3.8, 4) is 17.6 Å². The molecule has 0 radical (unpaired) electrons. The van der Waals surface area contributed by atoms with Crippen LogP contribution >= 0.6 is 0 Å². The summed E-state index contributed by atoms with van der Waals surface area (Å²) in [5.41, 5.74) is 0.866. The van der Waals surface area contributed by atoms with Crippen LogP contribution in [0.1, 0.15) is 12.5 Å². The molecule has 1 atom stereocenters. The van der Waals surface area contributed by atoms with Crippen molar-refractivity contribution in [1.82, 2.24) is 0 Å². The normalized spacial score (nSPS) is 11.1. The van der Waals surface area contributed by atoms with Gasteiger partial charge in [0.15, 0.2) is 17.6 Å². The molecule has 0 saturated heterocycles. The van der Waals surface area contributed by atoms with Crippen LogP contribution in [0.25, 0.3) is 0 Å². The largest absolute Gasteiger partial charge is 0.493 e. The van der Waals surface area contributed by atoms with Crippen LogP contribution in [0.3, 0.4) is 0 Å². The average Bonchev–Trinajstić information content (AvgIpc) is 2.55. The second kappa shape index (κ2) is 7.14. The van der Waals surface area contributed by atoms with Gasteiger partial charge >= 0.3 is 0 Å². The summed E-state index contributed by atoms with van der Waals surface area (Å²) in [6.07, 6.45) is -0.733. The summed E-state index contributed by atoms with van der Waals surface area (Å²) in [5.74, 6) is 0.703. The van der Waals surface area contributed by atoms with Crippen LogP contribution in [-0.4, -0.2) is 19.1 Å². The van der Waals surface area contributed by atoms with Gasteiger partial charge < -0.3 is 14.8 Å². The van der Waals surface area contributed by atoms with Gasteiger partial charge in [0.2, 0.25) is 0 Å². The van der Waals surface area contributed by atoms with Gasteiger partial charge in [-0.1, -0.05) is 24.3 Å². The summed E-state index contributed by atoms with van der Waals surface area (Å²) in [7, 11) is 1.54. The highest BCUT2D eigenvalue weighted by Gasteiger charge is 2.17. The molecule has 1 N–H and O–H groups in total. The van der Waals surface area contributed by atoms with Gasteiger partial charge in [0, 0.05) is 0 Å². The Bertz CT molecular complexity index is 707. The van der Waals surface area contributed by atoms with Crippen molar-refractivity contribution < 1.29 is 14.3 Å².